The Kier molecular flexibility index (Phi) is 4.03. The standard InChI is InChI=1S/C19H19ClN2O4/c1-10-13-14(11(2)16-15(10)21(9-8-20)19(25)26-16)18(24)22(17(13)23)12-6-4-3-5-7-12/h3-7,10-11,13-14H,8-9H2,1-2H3/t10-,11-,13-,14+/m0/s1. The molecule has 0 bridgehead atoms. The fourth-order valence-electron chi connectivity index (χ4n) is 4.45. The maximum Gasteiger partial charge on any atom is 0.419 e. The number of nitrogens with zero attached hydrogens (tertiary/aromatic N) is 2. The van der Waals surface area contributed by atoms with Gasteiger partial charge in [-0.1, -0.05) is 32.0 Å². The van der Waals surface area contributed by atoms with Gasteiger partial charge in [0, 0.05) is 24.3 Å². The van der Waals surface area contributed by atoms with Gasteiger partial charge in [-0.3, -0.25) is 19.1 Å². The highest BCUT2D eigenvalue weighted by Gasteiger charge is 2.57. The van der Waals surface area contributed by atoms with Crippen molar-refractivity contribution >= 4 is 29.1 Å². The average Bonchev–Trinajstić information content (AvgIpc) is 3.09. The van der Waals surface area contributed by atoms with Crippen LogP contribution in [0, 0.1) is 11.8 Å². The second-order valence-corrected chi connectivity index (χ2v) is 7.31. The SMILES string of the molecule is C[C@@H]1c2c(oc(=O)n2CCCl)[C@@H](C)[C@H]2C(=O)N(c3ccccc3)C(=O)[C@H]21. The molecule has 2 amide bonds. The van der Waals surface area contributed by atoms with Crippen LogP contribution in [-0.4, -0.2) is 22.3 Å². The van der Waals surface area contributed by atoms with Crippen molar-refractivity contribution in [2.24, 2.45) is 11.8 Å². The van der Waals surface area contributed by atoms with Crippen LogP contribution in [0.15, 0.2) is 39.5 Å². The van der Waals surface area contributed by atoms with Gasteiger partial charge in [0.25, 0.3) is 0 Å². The third kappa shape index (κ3) is 2.21. The van der Waals surface area contributed by atoms with Gasteiger partial charge in [-0.05, 0) is 12.1 Å². The highest BCUT2D eigenvalue weighted by atomic mass is 35.5. The Labute approximate surface area is 155 Å². The summed E-state index contributed by atoms with van der Waals surface area (Å²) in [7, 11) is 0. The molecular weight excluding hydrogens is 356 g/mol. The number of aromatic nitrogens is 1. The zero-order valence-electron chi connectivity index (χ0n) is 14.5. The van der Waals surface area contributed by atoms with Crippen LogP contribution in [0.5, 0.6) is 0 Å². The van der Waals surface area contributed by atoms with Crippen LogP contribution in [0.25, 0.3) is 0 Å². The lowest BCUT2D eigenvalue weighted by molar-refractivity contribution is -0.122. The Hall–Kier alpha value is -2.34. The third-order valence-electron chi connectivity index (χ3n) is 5.60. The van der Waals surface area contributed by atoms with Gasteiger partial charge in [0.05, 0.1) is 23.2 Å². The molecule has 1 aromatic carbocycles. The van der Waals surface area contributed by atoms with Gasteiger partial charge >= 0.3 is 5.76 Å². The van der Waals surface area contributed by atoms with E-state index in [0.29, 0.717) is 23.7 Å². The Morgan fingerprint density at radius 3 is 2.23 bits per heavy atom. The van der Waals surface area contributed by atoms with Crippen molar-refractivity contribution in [3.05, 3.63) is 52.3 Å². The summed E-state index contributed by atoms with van der Waals surface area (Å²) in [5.74, 6) is -1.84. The highest BCUT2D eigenvalue weighted by Crippen LogP contribution is 2.51. The van der Waals surface area contributed by atoms with Crippen LogP contribution in [0.1, 0.15) is 37.1 Å². The summed E-state index contributed by atoms with van der Waals surface area (Å²) in [6.45, 7) is 4.04. The lowest BCUT2D eigenvalue weighted by Crippen LogP contribution is -2.34. The van der Waals surface area contributed by atoms with Crippen LogP contribution >= 0.6 is 11.6 Å². The molecule has 1 saturated heterocycles. The smallest absolute Gasteiger partial charge is 0.412 e. The third-order valence-corrected chi connectivity index (χ3v) is 5.77. The van der Waals surface area contributed by atoms with Crippen molar-refractivity contribution in [1.82, 2.24) is 4.57 Å². The summed E-state index contributed by atoms with van der Waals surface area (Å²) in [4.78, 5) is 39.7. The van der Waals surface area contributed by atoms with Crippen LogP contribution in [0.4, 0.5) is 5.69 Å². The Morgan fingerprint density at radius 1 is 1.00 bits per heavy atom. The number of oxazole rings is 1. The molecule has 0 unspecified atom stereocenters. The van der Waals surface area contributed by atoms with Gasteiger partial charge in [0.15, 0.2) is 0 Å². The molecule has 1 aliphatic heterocycles. The molecule has 6 nitrogen and oxygen atoms in total. The van der Waals surface area contributed by atoms with E-state index in [4.69, 9.17) is 16.0 Å². The molecule has 2 heterocycles. The van der Waals surface area contributed by atoms with E-state index in [2.05, 4.69) is 0 Å². The van der Waals surface area contributed by atoms with Crippen LogP contribution in [0.3, 0.4) is 0 Å². The lowest BCUT2D eigenvalue weighted by atomic mass is 9.70. The van der Waals surface area contributed by atoms with E-state index in [0.717, 1.165) is 0 Å². The second kappa shape index (κ2) is 6.13. The number of amides is 2. The maximum atomic E-state index is 13.2. The number of hydrogen-bond donors (Lipinski definition) is 0. The molecule has 1 fully saturated rings. The molecule has 4 rings (SSSR count). The molecule has 7 heteroatoms. The minimum absolute atomic E-state index is 0.220. The molecule has 1 aliphatic carbocycles. The number of carbonyl (C=O) groups excluding carboxylic acids is 2. The molecule has 0 spiro atoms. The maximum absolute atomic E-state index is 13.2. The number of imide groups is 1. The monoisotopic (exact) mass is 374 g/mol. The van der Waals surface area contributed by atoms with Crippen molar-refractivity contribution in [3.8, 4) is 0 Å². The van der Waals surface area contributed by atoms with Crippen molar-refractivity contribution in [2.45, 2.75) is 32.2 Å². The number of carbonyl (C=O) groups is 2. The summed E-state index contributed by atoms with van der Waals surface area (Å²) in [6, 6.07) is 8.94. The zero-order valence-corrected chi connectivity index (χ0v) is 15.3. The molecule has 2 aromatic rings. The van der Waals surface area contributed by atoms with Crippen molar-refractivity contribution in [2.75, 3.05) is 10.8 Å². The molecule has 2 aliphatic rings. The number of alkyl halides is 1. The number of benzene rings is 1. The van der Waals surface area contributed by atoms with Crippen molar-refractivity contribution in [3.63, 3.8) is 0 Å². The predicted octanol–water partition coefficient (Wildman–Crippen LogP) is 2.71. The number of halogens is 1. The van der Waals surface area contributed by atoms with Gasteiger partial charge in [-0.25, -0.2) is 4.79 Å². The van der Waals surface area contributed by atoms with Crippen molar-refractivity contribution in [1.29, 1.82) is 0 Å². The second-order valence-electron chi connectivity index (χ2n) is 6.93. The normalized spacial score (nSPS) is 27.6. The first-order valence-electron chi connectivity index (χ1n) is 8.69. The predicted molar refractivity (Wildman–Crippen MR) is 96.4 cm³/mol. The first kappa shape index (κ1) is 17.1. The number of anilines is 1. The van der Waals surface area contributed by atoms with E-state index in [1.807, 2.05) is 19.9 Å². The summed E-state index contributed by atoms with van der Waals surface area (Å²) >= 11 is 5.83. The van der Waals surface area contributed by atoms with E-state index < -0.39 is 17.6 Å². The zero-order chi connectivity index (χ0) is 18.6. The van der Waals surface area contributed by atoms with E-state index >= 15 is 0 Å². The first-order valence-corrected chi connectivity index (χ1v) is 9.23. The van der Waals surface area contributed by atoms with E-state index in [1.165, 1.54) is 9.47 Å². The Balaban J connectivity index is 1.83. The molecule has 1 aromatic heterocycles. The topological polar surface area (TPSA) is 72.5 Å². The van der Waals surface area contributed by atoms with Gasteiger partial charge < -0.3 is 4.42 Å². The molecule has 4 atom stereocenters. The summed E-state index contributed by atoms with van der Waals surface area (Å²) in [6.07, 6.45) is 0. The Morgan fingerprint density at radius 2 is 1.62 bits per heavy atom. The van der Waals surface area contributed by atoms with Gasteiger partial charge in [0.1, 0.15) is 5.76 Å². The van der Waals surface area contributed by atoms with E-state index in [9.17, 15) is 14.4 Å². The molecule has 26 heavy (non-hydrogen) atoms. The van der Waals surface area contributed by atoms with Crippen LogP contribution in [0.2, 0.25) is 0 Å². The van der Waals surface area contributed by atoms with E-state index in [-0.39, 0.29) is 29.5 Å². The van der Waals surface area contributed by atoms with Gasteiger partial charge in [-0.2, -0.15) is 0 Å². The van der Waals surface area contributed by atoms with E-state index in [1.54, 1.807) is 24.3 Å². The largest absolute Gasteiger partial charge is 0.419 e. The van der Waals surface area contributed by atoms with Gasteiger partial charge in [-0.15, -0.1) is 11.6 Å². The summed E-state index contributed by atoms with van der Waals surface area (Å²) < 4.78 is 6.97. The number of hydrogen-bond acceptors (Lipinski definition) is 4. The Bertz CT molecular complexity index is 933. The fourth-order valence-corrected chi connectivity index (χ4v) is 4.62. The molecule has 0 radical (unpaired) electrons. The summed E-state index contributed by atoms with van der Waals surface area (Å²) in [5.41, 5.74) is 1.27. The quantitative estimate of drug-likeness (QED) is 0.611. The van der Waals surface area contributed by atoms with Crippen LogP contribution in [-0.2, 0) is 16.1 Å². The number of para-hydroxylation sites is 1. The first-order chi connectivity index (χ1) is 12.5. The summed E-state index contributed by atoms with van der Waals surface area (Å²) in [5, 5.41) is 0. The highest BCUT2D eigenvalue weighted by molar-refractivity contribution is 6.22. The minimum atomic E-state index is -0.528. The van der Waals surface area contributed by atoms with Crippen LogP contribution < -0.4 is 10.7 Å². The fraction of sp³-hybridized carbons (Fsp3) is 0.421. The molecule has 136 valence electrons. The number of fused-ring (bicyclic) bond motifs is 2. The minimum Gasteiger partial charge on any atom is -0.412 e. The van der Waals surface area contributed by atoms with Gasteiger partial charge in [0.2, 0.25) is 11.8 Å². The number of rotatable bonds is 3. The molecule has 0 saturated carbocycles. The average molecular weight is 375 g/mol. The molecule has 0 N–H and O–H groups in total. The molecular formula is C19H19ClN2O4. The van der Waals surface area contributed by atoms with Crippen molar-refractivity contribution < 1.29 is 14.0 Å². The lowest BCUT2D eigenvalue weighted by Gasteiger charge is -2.32.